The first-order valence-corrected chi connectivity index (χ1v) is 3.57. The average molecular weight is 139 g/mol. The minimum atomic E-state index is 0.901. The van der Waals surface area contributed by atoms with Crippen molar-refractivity contribution in [1.82, 2.24) is 9.97 Å². The van der Waals surface area contributed by atoms with Gasteiger partial charge >= 0.3 is 0 Å². The molecule has 1 radical (unpaired) electrons. The average Bonchev–Trinajstić information content (AvgIpc) is 2.34. The highest BCUT2D eigenvalue weighted by molar-refractivity contribution is 7.99. The summed E-state index contributed by atoms with van der Waals surface area (Å²) in [5.41, 5.74) is 0. The van der Waals surface area contributed by atoms with Crippen molar-refractivity contribution in [3.05, 3.63) is 25.2 Å². The molecule has 47 valence electrons. The van der Waals surface area contributed by atoms with Crippen LogP contribution in [0.25, 0.3) is 0 Å². The lowest BCUT2D eigenvalue weighted by molar-refractivity contribution is 1.19. The number of imidazole rings is 1. The molecule has 1 N–H and O–H groups in total. The predicted octanol–water partition coefficient (Wildman–Crippen LogP) is 1.49. The molecular formula is C6H7N2S. The normalized spacial score (nSPS) is 9.33. The Morgan fingerprint density at radius 1 is 2.00 bits per heavy atom. The van der Waals surface area contributed by atoms with Gasteiger partial charge in [-0.3, -0.25) is 0 Å². The van der Waals surface area contributed by atoms with Crippen LogP contribution in [0, 0.1) is 6.33 Å². The summed E-state index contributed by atoms with van der Waals surface area (Å²) < 4.78 is 0. The Morgan fingerprint density at radius 2 is 2.89 bits per heavy atom. The molecule has 0 aliphatic carbocycles. The van der Waals surface area contributed by atoms with E-state index in [1.54, 1.807) is 11.8 Å². The summed E-state index contributed by atoms with van der Waals surface area (Å²) >= 11 is 1.64. The number of H-pyrrole nitrogens is 1. The summed E-state index contributed by atoms with van der Waals surface area (Å²) in [5.74, 6) is 0.901. The number of rotatable bonds is 3. The van der Waals surface area contributed by atoms with Crippen LogP contribution < -0.4 is 0 Å². The third kappa shape index (κ3) is 1.93. The molecule has 0 fully saturated rings. The Hall–Kier alpha value is -0.700. The third-order valence-corrected chi connectivity index (χ3v) is 1.68. The van der Waals surface area contributed by atoms with Crippen molar-refractivity contribution in [2.24, 2.45) is 0 Å². The van der Waals surface area contributed by atoms with Gasteiger partial charge < -0.3 is 4.98 Å². The highest BCUT2D eigenvalue weighted by Crippen LogP contribution is 2.11. The first-order chi connectivity index (χ1) is 4.43. The lowest BCUT2D eigenvalue weighted by Crippen LogP contribution is -1.69. The van der Waals surface area contributed by atoms with Crippen LogP contribution in [-0.4, -0.2) is 15.7 Å². The molecule has 0 aromatic carbocycles. The van der Waals surface area contributed by atoms with E-state index in [0.29, 0.717) is 0 Å². The number of aromatic amines is 1. The molecular weight excluding hydrogens is 132 g/mol. The smallest absolute Gasteiger partial charge is 0.174 e. The van der Waals surface area contributed by atoms with Gasteiger partial charge in [-0.25, -0.2) is 4.98 Å². The quantitative estimate of drug-likeness (QED) is 0.507. The van der Waals surface area contributed by atoms with Gasteiger partial charge in [0.1, 0.15) is 5.03 Å². The van der Waals surface area contributed by atoms with Crippen molar-refractivity contribution in [2.75, 3.05) is 5.75 Å². The number of nitrogens with zero attached hydrogens (tertiary/aromatic N) is 1. The Labute approximate surface area is 58.4 Å². The predicted molar refractivity (Wildman–Crippen MR) is 38.3 cm³/mol. The largest absolute Gasteiger partial charge is 0.341 e. The monoisotopic (exact) mass is 139 g/mol. The van der Waals surface area contributed by atoms with Gasteiger partial charge in [0.15, 0.2) is 6.33 Å². The molecule has 0 atom stereocenters. The number of hydrogen-bond acceptors (Lipinski definition) is 2. The van der Waals surface area contributed by atoms with Crippen LogP contribution in [0.2, 0.25) is 0 Å². The third-order valence-electron chi connectivity index (χ3n) is 0.775. The van der Waals surface area contributed by atoms with E-state index >= 15 is 0 Å². The number of nitrogens with one attached hydrogen (secondary N) is 1. The fourth-order valence-electron chi connectivity index (χ4n) is 0.432. The van der Waals surface area contributed by atoms with E-state index in [-0.39, 0.29) is 0 Å². The van der Waals surface area contributed by atoms with E-state index in [0.717, 1.165) is 10.8 Å². The van der Waals surface area contributed by atoms with Gasteiger partial charge in [-0.2, -0.15) is 0 Å². The van der Waals surface area contributed by atoms with Crippen LogP contribution in [-0.2, 0) is 0 Å². The lowest BCUT2D eigenvalue weighted by atomic mass is 10.8. The van der Waals surface area contributed by atoms with Gasteiger partial charge in [0.2, 0.25) is 0 Å². The highest BCUT2D eigenvalue weighted by atomic mass is 32.2. The topological polar surface area (TPSA) is 28.7 Å². The van der Waals surface area contributed by atoms with E-state index < -0.39 is 0 Å². The number of aromatic nitrogens is 2. The van der Waals surface area contributed by atoms with Crippen LogP contribution in [0.15, 0.2) is 23.9 Å². The zero-order valence-electron chi connectivity index (χ0n) is 4.92. The second-order valence-electron chi connectivity index (χ2n) is 1.45. The summed E-state index contributed by atoms with van der Waals surface area (Å²) in [5, 5.41) is 0.968. The van der Waals surface area contributed by atoms with Crippen LogP contribution >= 0.6 is 11.8 Å². The molecule has 0 saturated heterocycles. The summed E-state index contributed by atoms with van der Waals surface area (Å²) in [6.45, 7) is 3.59. The summed E-state index contributed by atoms with van der Waals surface area (Å²) in [6.07, 6.45) is 6.27. The van der Waals surface area contributed by atoms with Crippen LogP contribution in [0.4, 0.5) is 0 Å². The Morgan fingerprint density at radius 3 is 3.44 bits per heavy atom. The molecule has 1 heterocycles. The first kappa shape index (κ1) is 6.42. The molecule has 9 heavy (non-hydrogen) atoms. The van der Waals surface area contributed by atoms with E-state index in [2.05, 4.69) is 22.9 Å². The Bertz CT molecular complexity index is 169. The molecule has 1 rings (SSSR count). The zero-order chi connectivity index (χ0) is 6.53. The van der Waals surface area contributed by atoms with Gasteiger partial charge in [-0.1, -0.05) is 6.08 Å². The fourth-order valence-corrected chi connectivity index (χ4v) is 0.973. The van der Waals surface area contributed by atoms with Crippen molar-refractivity contribution in [3.63, 3.8) is 0 Å². The molecule has 2 nitrogen and oxygen atoms in total. The molecule has 1 aromatic rings. The number of thioether (sulfide) groups is 1. The SMILES string of the molecule is C=CCSc1c[nH][c]n1. The fraction of sp³-hybridized carbons (Fsp3) is 0.167. The van der Waals surface area contributed by atoms with Gasteiger partial charge in [0.25, 0.3) is 0 Å². The minimum Gasteiger partial charge on any atom is -0.341 e. The van der Waals surface area contributed by atoms with Crippen LogP contribution in [0.1, 0.15) is 0 Å². The maximum atomic E-state index is 3.89. The molecule has 0 saturated carbocycles. The molecule has 3 heteroatoms. The minimum absolute atomic E-state index is 0.901. The Kier molecular flexibility index (Phi) is 2.39. The second kappa shape index (κ2) is 3.35. The van der Waals surface area contributed by atoms with Crippen LogP contribution in [0.3, 0.4) is 0 Å². The molecule has 0 amide bonds. The van der Waals surface area contributed by atoms with Gasteiger partial charge in [0, 0.05) is 11.9 Å². The second-order valence-corrected chi connectivity index (χ2v) is 2.49. The number of hydrogen-bond donors (Lipinski definition) is 1. The van der Waals surface area contributed by atoms with Crippen LogP contribution in [0.5, 0.6) is 0 Å². The van der Waals surface area contributed by atoms with E-state index in [4.69, 9.17) is 0 Å². The van der Waals surface area contributed by atoms with E-state index in [1.807, 2.05) is 12.3 Å². The molecule has 0 spiro atoms. The van der Waals surface area contributed by atoms with Gasteiger partial charge in [0.05, 0.1) is 0 Å². The lowest BCUT2D eigenvalue weighted by Gasteiger charge is -1.86. The van der Waals surface area contributed by atoms with Crippen molar-refractivity contribution < 1.29 is 0 Å². The summed E-state index contributed by atoms with van der Waals surface area (Å²) in [6, 6.07) is 0. The Balaban J connectivity index is 2.38. The van der Waals surface area contributed by atoms with Crippen molar-refractivity contribution in [1.29, 1.82) is 0 Å². The molecule has 0 aliphatic rings. The summed E-state index contributed by atoms with van der Waals surface area (Å²) in [7, 11) is 0. The first-order valence-electron chi connectivity index (χ1n) is 2.58. The van der Waals surface area contributed by atoms with Gasteiger partial charge in [-0.05, 0) is 0 Å². The molecule has 0 aliphatic heterocycles. The summed E-state index contributed by atoms with van der Waals surface area (Å²) in [4.78, 5) is 6.64. The van der Waals surface area contributed by atoms with Gasteiger partial charge in [-0.15, -0.1) is 18.3 Å². The highest BCUT2D eigenvalue weighted by Gasteiger charge is 1.90. The molecule has 0 bridgehead atoms. The standard InChI is InChI=1S/C6H7N2S/c1-2-3-9-6-4-7-5-8-6/h2,4H,1,3H2,(H,7,8). The molecule has 1 aromatic heterocycles. The van der Waals surface area contributed by atoms with Crippen molar-refractivity contribution >= 4 is 11.8 Å². The zero-order valence-corrected chi connectivity index (χ0v) is 5.74. The van der Waals surface area contributed by atoms with Crippen molar-refractivity contribution in [2.45, 2.75) is 5.03 Å². The maximum absolute atomic E-state index is 3.89. The van der Waals surface area contributed by atoms with Crippen molar-refractivity contribution in [3.8, 4) is 0 Å². The van der Waals surface area contributed by atoms with E-state index in [9.17, 15) is 0 Å². The maximum Gasteiger partial charge on any atom is 0.174 e. The van der Waals surface area contributed by atoms with E-state index in [1.165, 1.54) is 0 Å². The molecule has 0 unspecified atom stereocenters.